The SMILES string of the molecule is CCCCCCCCCCCCCCCCCCCn1cc[n+](CCCCCCCCCCC)c1CCC. The first kappa shape index (κ1) is 35.2. The second kappa shape index (κ2) is 27.8. The summed E-state index contributed by atoms with van der Waals surface area (Å²) in [6.45, 7) is 9.38. The van der Waals surface area contributed by atoms with Crippen LogP contribution in [0.25, 0.3) is 0 Å². The van der Waals surface area contributed by atoms with E-state index in [1.54, 1.807) is 5.82 Å². The maximum atomic E-state index is 2.57. The summed E-state index contributed by atoms with van der Waals surface area (Å²) in [6.07, 6.45) is 44.6. The minimum Gasteiger partial charge on any atom is -0.234 e. The predicted molar refractivity (Wildman–Crippen MR) is 170 cm³/mol. The van der Waals surface area contributed by atoms with E-state index in [1.165, 1.54) is 193 Å². The Hall–Kier alpha value is -0.790. The van der Waals surface area contributed by atoms with E-state index in [2.05, 4.69) is 42.3 Å². The van der Waals surface area contributed by atoms with E-state index in [1.807, 2.05) is 0 Å². The van der Waals surface area contributed by atoms with E-state index < -0.39 is 0 Å². The number of imidazole rings is 1. The summed E-state index contributed by atoms with van der Waals surface area (Å²) in [5.41, 5.74) is 0. The van der Waals surface area contributed by atoms with Gasteiger partial charge in [-0.3, -0.25) is 0 Å². The Morgan fingerprint density at radius 3 is 1.21 bits per heavy atom. The van der Waals surface area contributed by atoms with Crippen LogP contribution in [-0.2, 0) is 19.5 Å². The monoisotopic (exact) mass is 532 g/mol. The Bertz CT molecular complexity index is 590. The lowest BCUT2D eigenvalue weighted by Gasteiger charge is -2.06. The molecule has 224 valence electrons. The van der Waals surface area contributed by atoms with Gasteiger partial charge >= 0.3 is 0 Å². The van der Waals surface area contributed by atoms with Gasteiger partial charge in [-0.25, -0.2) is 9.13 Å². The van der Waals surface area contributed by atoms with Crippen molar-refractivity contribution >= 4 is 0 Å². The molecule has 0 bridgehead atoms. The molecule has 38 heavy (non-hydrogen) atoms. The maximum absolute atomic E-state index is 2.57. The van der Waals surface area contributed by atoms with Crippen LogP contribution in [0.5, 0.6) is 0 Å². The molecule has 0 saturated heterocycles. The molecule has 0 aliphatic heterocycles. The predicted octanol–water partition coefficient (Wildman–Crippen LogP) is 11.9. The number of aryl methyl sites for hydroxylation is 2. The van der Waals surface area contributed by atoms with Gasteiger partial charge in [-0.15, -0.1) is 0 Å². The number of aromatic nitrogens is 2. The van der Waals surface area contributed by atoms with Crippen LogP contribution in [0.2, 0.25) is 0 Å². The number of nitrogens with zero attached hydrogens (tertiary/aromatic N) is 2. The number of hydrogen-bond donors (Lipinski definition) is 0. The molecule has 1 aromatic heterocycles. The first-order chi connectivity index (χ1) is 18.8. The molecule has 0 fully saturated rings. The highest BCUT2D eigenvalue weighted by Gasteiger charge is 2.15. The molecular weight excluding hydrogens is 460 g/mol. The van der Waals surface area contributed by atoms with Crippen molar-refractivity contribution in [3.8, 4) is 0 Å². The van der Waals surface area contributed by atoms with Gasteiger partial charge in [-0.05, 0) is 32.1 Å². The second-order valence-corrected chi connectivity index (χ2v) is 12.3. The number of unbranched alkanes of at least 4 members (excludes halogenated alkanes) is 24. The standard InChI is InChI=1S/C36H71N2/c1-4-7-9-11-13-15-16-17-18-19-20-21-22-24-26-28-30-33-38-35-34-37(36(38)31-6-3)32-29-27-25-23-14-12-10-8-5-2/h34-35H,4-33H2,1-3H3/q+1. The van der Waals surface area contributed by atoms with Gasteiger partial charge in [0.15, 0.2) is 0 Å². The average molecular weight is 532 g/mol. The van der Waals surface area contributed by atoms with Crippen LogP contribution < -0.4 is 4.57 Å². The summed E-state index contributed by atoms with van der Waals surface area (Å²) in [7, 11) is 0. The summed E-state index contributed by atoms with van der Waals surface area (Å²) in [6, 6.07) is 0. The van der Waals surface area contributed by atoms with Crippen molar-refractivity contribution in [1.29, 1.82) is 0 Å². The van der Waals surface area contributed by atoms with Gasteiger partial charge in [0.25, 0.3) is 5.82 Å². The van der Waals surface area contributed by atoms with Crippen molar-refractivity contribution in [3.63, 3.8) is 0 Å². The molecule has 0 spiro atoms. The molecule has 1 rings (SSSR count). The van der Waals surface area contributed by atoms with Gasteiger partial charge in [-0.1, -0.05) is 162 Å². The van der Waals surface area contributed by atoms with Gasteiger partial charge < -0.3 is 0 Å². The highest BCUT2D eigenvalue weighted by molar-refractivity contribution is 4.84. The van der Waals surface area contributed by atoms with Gasteiger partial charge in [0.05, 0.1) is 13.1 Å². The molecule has 1 aromatic rings. The van der Waals surface area contributed by atoms with Crippen LogP contribution in [0.1, 0.15) is 200 Å². The molecule has 0 radical (unpaired) electrons. The Balaban J connectivity index is 1.99. The Labute approximate surface area is 240 Å². The first-order valence-corrected chi connectivity index (χ1v) is 17.9. The minimum atomic E-state index is 1.22. The highest BCUT2D eigenvalue weighted by Crippen LogP contribution is 2.15. The van der Waals surface area contributed by atoms with Crippen molar-refractivity contribution in [2.45, 2.75) is 214 Å². The third kappa shape index (κ3) is 20.2. The molecular formula is C36H71N2+. The second-order valence-electron chi connectivity index (χ2n) is 12.3. The first-order valence-electron chi connectivity index (χ1n) is 17.9. The summed E-state index contributed by atoms with van der Waals surface area (Å²) in [4.78, 5) is 0. The number of hydrogen-bond acceptors (Lipinski definition) is 0. The minimum absolute atomic E-state index is 1.22. The van der Waals surface area contributed by atoms with Crippen LogP contribution in [0, 0.1) is 0 Å². The zero-order chi connectivity index (χ0) is 27.4. The van der Waals surface area contributed by atoms with Crippen molar-refractivity contribution < 1.29 is 4.57 Å². The maximum Gasteiger partial charge on any atom is 0.256 e. The van der Waals surface area contributed by atoms with E-state index in [9.17, 15) is 0 Å². The van der Waals surface area contributed by atoms with E-state index in [4.69, 9.17) is 0 Å². The van der Waals surface area contributed by atoms with Crippen LogP contribution in [0.4, 0.5) is 0 Å². The molecule has 0 saturated carbocycles. The van der Waals surface area contributed by atoms with Gasteiger partial charge in [0.1, 0.15) is 12.4 Å². The summed E-state index contributed by atoms with van der Waals surface area (Å²) in [5.74, 6) is 1.57. The molecule has 0 aromatic carbocycles. The molecule has 1 heterocycles. The largest absolute Gasteiger partial charge is 0.256 e. The van der Waals surface area contributed by atoms with E-state index in [0.29, 0.717) is 0 Å². The molecule has 0 atom stereocenters. The lowest BCUT2D eigenvalue weighted by molar-refractivity contribution is -0.704. The summed E-state index contributed by atoms with van der Waals surface area (Å²) in [5, 5.41) is 0. The molecule has 0 amide bonds. The lowest BCUT2D eigenvalue weighted by Crippen LogP contribution is -2.37. The zero-order valence-corrected chi connectivity index (χ0v) is 26.8. The average Bonchev–Trinajstić information content (AvgIpc) is 3.30. The Kier molecular flexibility index (Phi) is 25.7. The fourth-order valence-electron chi connectivity index (χ4n) is 6.02. The lowest BCUT2D eigenvalue weighted by atomic mass is 10.0. The van der Waals surface area contributed by atoms with E-state index >= 15 is 0 Å². The third-order valence-electron chi connectivity index (χ3n) is 8.57. The molecule has 0 aliphatic rings. The zero-order valence-electron chi connectivity index (χ0n) is 26.8. The summed E-state index contributed by atoms with van der Waals surface area (Å²) < 4.78 is 5.14. The Morgan fingerprint density at radius 1 is 0.447 bits per heavy atom. The smallest absolute Gasteiger partial charge is 0.234 e. The van der Waals surface area contributed by atoms with Gasteiger partial charge in [0, 0.05) is 6.42 Å². The molecule has 0 aliphatic carbocycles. The summed E-state index contributed by atoms with van der Waals surface area (Å²) >= 11 is 0. The highest BCUT2D eigenvalue weighted by atomic mass is 15.1. The van der Waals surface area contributed by atoms with Crippen molar-refractivity contribution in [1.82, 2.24) is 4.57 Å². The fraction of sp³-hybridized carbons (Fsp3) is 0.917. The van der Waals surface area contributed by atoms with Crippen LogP contribution in [0.15, 0.2) is 12.4 Å². The third-order valence-corrected chi connectivity index (χ3v) is 8.57. The van der Waals surface area contributed by atoms with Crippen LogP contribution >= 0.6 is 0 Å². The molecule has 2 heteroatoms. The van der Waals surface area contributed by atoms with Crippen molar-refractivity contribution in [2.75, 3.05) is 0 Å². The van der Waals surface area contributed by atoms with Gasteiger partial charge in [-0.2, -0.15) is 0 Å². The molecule has 2 nitrogen and oxygen atoms in total. The van der Waals surface area contributed by atoms with Crippen molar-refractivity contribution in [3.05, 3.63) is 18.2 Å². The quantitative estimate of drug-likeness (QED) is 0.0689. The molecule has 0 unspecified atom stereocenters. The van der Waals surface area contributed by atoms with Crippen molar-refractivity contribution in [2.24, 2.45) is 0 Å². The van der Waals surface area contributed by atoms with Gasteiger partial charge in [0.2, 0.25) is 0 Å². The van der Waals surface area contributed by atoms with E-state index in [-0.39, 0.29) is 0 Å². The van der Waals surface area contributed by atoms with E-state index in [0.717, 1.165) is 0 Å². The number of rotatable bonds is 30. The normalized spacial score (nSPS) is 11.6. The molecule has 0 N–H and O–H groups in total. The Morgan fingerprint density at radius 2 is 0.816 bits per heavy atom. The topological polar surface area (TPSA) is 8.81 Å². The van der Waals surface area contributed by atoms with Crippen LogP contribution in [0.3, 0.4) is 0 Å². The fourth-order valence-corrected chi connectivity index (χ4v) is 6.02. The van der Waals surface area contributed by atoms with Crippen LogP contribution in [-0.4, -0.2) is 4.57 Å².